The molecule has 1 atom stereocenters. The van der Waals surface area contributed by atoms with Gasteiger partial charge in [-0.2, -0.15) is 0 Å². The van der Waals surface area contributed by atoms with Gasteiger partial charge in [0.05, 0.1) is 0 Å². The molecule has 17 heavy (non-hydrogen) atoms. The van der Waals surface area contributed by atoms with Gasteiger partial charge >= 0.3 is 0 Å². The molecule has 1 aromatic rings. The van der Waals surface area contributed by atoms with Gasteiger partial charge in [-0.1, -0.05) is 12.5 Å². The molecular formula is C14H23N3. The maximum Gasteiger partial charge on any atom is 0.128 e. The SMILES string of the molecule is CCN(CC)c1ccc([C@H]2CCCCN2)cn1. The summed E-state index contributed by atoms with van der Waals surface area (Å²) in [4.78, 5) is 6.86. The summed E-state index contributed by atoms with van der Waals surface area (Å²) in [5.74, 6) is 1.09. The topological polar surface area (TPSA) is 28.2 Å². The molecule has 94 valence electrons. The van der Waals surface area contributed by atoms with Crippen molar-refractivity contribution in [3.05, 3.63) is 23.9 Å². The summed E-state index contributed by atoms with van der Waals surface area (Å²) < 4.78 is 0. The monoisotopic (exact) mass is 233 g/mol. The fourth-order valence-electron chi connectivity index (χ4n) is 2.47. The zero-order valence-electron chi connectivity index (χ0n) is 10.9. The van der Waals surface area contributed by atoms with Gasteiger partial charge < -0.3 is 10.2 Å². The van der Waals surface area contributed by atoms with Crippen LogP contribution in [0, 0.1) is 0 Å². The lowest BCUT2D eigenvalue weighted by molar-refractivity contribution is 0.411. The Labute approximate surface area is 104 Å². The fourth-order valence-corrected chi connectivity index (χ4v) is 2.47. The Morgan fingerprint density at radius 3 is 2.65 bits per heavy atom. The van der Waals surface area contributed by atoms with Crippen LogP contribution in [-0.2, 0) is 0 Å². The number of pyridine rings is 1. The highest BCUT2D eigenvalue weighted by molar-refractivity contribution is 5.39. The molecule has 2 heterocycles. The minimum Gasteiger partial charge on any atom is -0.357 e. The molecule has 1 aliphatic heterocycles. The van der Waals surface area contributed by atoms with Crippen LogP contribution < -0.4 is 10.2 Å². The smallest absolute Gasteiger partial charge is 0.128 e. The van der Waals surface area contributed by atoms with Gasteiger partial charge in [0.2, 0.25) is 0 Å². The number of aromatic nitrogens is 1. The van der Waals surface area contributed by atoms with Gasteiger partial charge in [0.15, 0.2) is 0 Å². The van der Waals surface area contributed by atoms with Crippen molar-refractivity contribution < 1.29 is 0 Å². The number of piperidine rings is 1. The molecule has 1 aromatic heterocycles. The third-order valence-electron chi connectivity index (χ3n) is 3.57. The van der Waals surface area contributed by atoms with Gasteiger partial charge in [-0.25, -0.2) is 4.98 Å². The predicted octanol–water partition coefficient (Wildman–Crippen LogP) is 2.74. The number of hydrogen-bond donors (Lipinski definition) is 1. The van der Waals surface area contributed by atoms with Crippen LogP contribution in [0.1, 0.15) is 44.7 Å². The number of anilines is 1. The Bertz CT molecular complexity index is 324. The number of nitrogens with zero attached hydrogens (tertiary/aromatic N) is 2. The van der Waals surface area contributed by atoms with Crippen molar-refractivity contribution in [3.8, 4) is 0 Å². The molecule has 3 nitrogen and oxygen atoms in total. The van der Waals surface area contributed by atoms with E-state index in [-0.39, 0.29) is 0 Å². The van der Waals surface area contributed by atoms with Crippen LogP contribution in [0.3, 0.4) is 0 Å². The first-order valence-corrected chi connectivity index (χ1v) is 6.79. The Morgan fingerprint density at radius 1 is 1.29 bits per heavy atom. The van der Waals surface area contributed by atoms with E-state index in [2.05, 4.69) is 41.2 Å². The Hall–Kier alpha value is -1.09. The van der Waals surface area contributed by atoms with Crippen LogP contribution in [0.15, 0.2) is 18.3 Å². The zero-order chi connectivity index (χ0) is 12.1. The molecule has 1 fully saturated rings. The van der Waals surface area contributed by atoms with Crippen LogP contribution >= 0.6 is 0 Å². The molecule has 0 amide bonds. The Morgan fingerprint density at radius 2 is 2.12 bits per heavy atom. The summed E-state index contributed by atoms with van der Waals surface area (Å²) in [5.41, 5.74) is 1.33. The average molecular weight is 233 g/mol. The van der Waals surface area contributed by atoms with E-state index in [4.69, 9.17) is 0 Å². The number of hydrogen-bond acceptors (Lipinski definition) is 3. The molecule has 3 heteroatoms. The molecule has 2 rings (SSSR count). The molecule has 0 aliphatic carbocycles. The number of nitrogens with one attached hydrogen (secondary N) is 1. The van der Waals surface area contributed by atoms with Crippen LogP contribution in [0.25, 0.3) is 0 Å². The van der Waals surface area contributed by atoms with Crippen molar-refractivity contribution in [3.63, 3.8) is 0 Å². The zero-order valence-corrected chi connectivity index (χ0v) is 10.9. The van der Waals surface area contributed by atoms with E-state index in [9.17, 15) is 0 Å². The van der Waals surface area contributed by atoms with Gasteiger partial charge in [-0.3, -0.25) is 0 Å². The van der Waals surface area contributed by atoms with Crippen LogP contribution in [-0.4, -0.2) is 24.6 Å². The predicted molar refractivity (Wildman–Crippen MR) is 72.4 cm³/mol. The molecule has 1 saturated heterocycles. The third-order valence-corrected chi connectivity index (χ3v) is 3.57. The van der Waals surface area contributed by atoms with Gasteiger partial charge in [0.25, 0.3) is 0 Å². The summed E-state index contributed by atoms with van der Waals surface area (Å²) in [6, 6.07) is 4.89. The normalized spacial score (nSPS) is 20.2. The van der Waals surface area contributed by atoms with Gasteiger partial charge in [-0.05, 0) is 44.9 Å². The molecule has 0 saturated carbocycles. The first-order chi connectivity index (χ1) is 8.35. The Kier molecular flexibility index (Phi) is 4.37. The highest BCUT2D eigenvalue weighted by atomic mass is 15.2. The second-order valence-electron chi connectivity index (χ2n) is 4.62. The largest absolute Gasteiger partial charge is 0.357 e. The van der Waals surface area contributed by atoms with E-state index in [1.54, 1.807) is 0 Å². The highest BCUT2D eigenvalue weighted by Gasteiger charge is 2.15. The molecule has 0 unspecified atom stereocenters. The van der Waals surface area contributed by atoms with Crippen LogP contribution in [0.2, 0.25) is 0 Å². The molecule has 0 aromatic carbocycles. The minimum atomic E-state index is 0.516. The van der Waals surface area contributed by atoms with E-state index in [0.29, 0.717) is 6.04 Å². The first kappa shape index (κ1) is 12.4. The fraction of sp³-hybridized carbons (Fsp3) is 0.643. The van der Waals surface area contributed by atoms with Gasteiger partial charge in [0, 0.05) is 25.3 Å². The second kappa shape index (κ2) is 6.01. The number of rotatable bonds is 4. The standard InChI is InChI=1S/C14H23N3/c1-3-17(4-2)14-9-8-12(11-16-14)13-7-5-6-10-15-13/h8-9,11,13,15H,3-7,10H2,1-2H3/t13-/m1/s1. The lowest BCUT2D eigenvalue weighted by Gasteiger charge is -2.25. The van der Waals surface area contributed by atoms with E-state index in [1.165, 1.54) is 24.8 Å². The minimum absolute atomic E-state index is 0.516. The van der Waals surface area contributed by atoms with E-state index < -0.39 is 0 Å². The van der Waals surface area contributed by atoms with E-state index in [1.807, 2.05) is 6.20 Å². The second-order valence-corrected chi connectivity index (χ2v) is 4.62. The molecular weight excluding hydrogens is 210 g/mol. The lowest BCUT2D eigenvalue weighted by atomic mass is 9.99. The average Bonchev–Trinajstić information content (AvgIpc) is 2.42. The van der Waals surface area contributed by atoms with Crippen molar-refractivity contribution in [2.45, 2.75) is 39.2 Å². The van der Waals surface area contributed by atoms with E-state index >= 15 is 0 Å². The van der Waals surface area contributed by atoms with Crippen LogP contribution in [0.4, 0.5) is 5.82 Å². The molecule has 0 bridgehead atoms. The summed E-state index contributed by atoms with van der Waals surface area (Å²) in [5, 5.41) is 3.56. The molecule has 1 aliphatic rings. The van der Waals surface area contributed by atoms with Crippen molar-refractivity contribution in [2.24, 2.45) is 0 Å². The third kappa shape index (κ3) is 2.97. The summed E-state index contributed by atoms with van der Waals surface area (Å²) in [6.45, 7) is 7.51. The van der Waals surface area contributed by atoms with Gasteiger partial charge in [-0.15, -0.1) is 0 Å². The summed E-state index contributed by atoms with van der Waals surface area (Å²) in [6.07, 6.45) is 5.92. The van der Waals surface area contributed by atoms with Crippen molar-refractivity contribution in [2.75, 3.05) is 24.5 Å². The maximum absolute atomic E-state index is 4.58. The molecule has 0 spiro atoms. The van der Waals surface area contributed by atoms with Crippen LogP contribution in [0.5, 0.6) is 0 Å². The quantitative estimate of drug-likeness (QED) is 0.866. The highest BCUT2D eigenvalue weighted by Crippen LogP contribution is 2.23. The molecule has 0 radical (unpaired) electrons. The van der Waals surface area contributed by atoms with Crippen molar-refractivity contribution in [1.29, 1.82) is 0 Å². The summed E-state index contributed by atoms with van der Waals surface area (Å²) >= 11 is 0. The molecule has 1 N–H and O–H groups in total. The summed E-state index contributed by atoms with van der Waals surface area (Å²) in [7, 11) is 0. The van der Waals surface area contributed by atoms with Crippen molar-refractivity contribution >= 4 is 5.82 Å². The van der Waals surface area contributed by atoms with Crippen molar-refractivity contribution in [1.82, 2.24) is 10.3 Å². The first-order valence-electron chi connectivity index (χ1n) is 6.79. The maximum atomic E-state index is 4.58. The Balaban J connectivity index is 2.06. The van der Waals surface area contributed by atoms with Gasteiger partial charge in [0.1, 0.15) is 5.82 Å². The lowest BCUT2D eigenvalue weighted by Crippen LogP contribution is -2.27. The van der Waals surface area contributed by atoms with E-state index in [0.717, 1.165) is 25.5 Å².